The van der Waals surface area contributed by atoms with Gasteiger partial charge in [-0.1, -0.05) is 13.8 Å². The lowest BCUT2D eigenvalue weighted by Crippen LogP contribution is -2.39. The third-order valence-corrected chi connectivity index (χ3v) is 3.82. The average molecular weight is 345 g/mol. The number of nitrogens with one attached hydrogen (secondary N) is 1. The van der Waals surface area contributed by atoms with E-state index in [9.17, 15) is 23.9 Å². The van der Waals surface area contributed by atoms with Gasteiger partial charge < -0.3 is 20.3 Å². The Morgan fingerprint density at radius 3 is 2.88 bits per heavy atom. The number of aromatic nitrogens is 2. The molecule has 4 atom stereocenters. The van der Waals surface area contributed by atoms with Gasteiger partial charge in [0.05, 0.1) is 12.3 Å². The van der Waals surface area contributed by atoms with Gasteiger partial charge in [-0.3, -0.25) is 19.1 Å². The molecule has 2 heterocycles. The number of H-pyrrole nitrogens is 1. The van der Waals surface area contributed by atoms with Crippen molar-refractivity contribution in [3.8, 4) is 0 Å². The number of aliphatic hydroxyl groups is 1. The lowest BCUT2D eigenvalue weighted by Gasteiger charge is -2.18. The van der Waals surface area contributed by atoms with Crippen LogP contribution in [0.5, 0.6) is 0 Å². The molecule has 1 aromatic heterocycles. The van der Waals surface area contributed by atoms with E-state index in [2.05, 4.69) is 0 Å². The highest BCUT2D eigenvalue weighted by Crippen LogP contribution is 2.27. The molecule has 4 N–H and O–H groups in total. The summed E-state index contributed by atoms with van der Waals surface area (Å²) in [6, 6.07) is -0.796. The van der Waals surface area contributed by atoms with Gasteiger partial charge in [0.25, 0.3) is 5.56 Å². The molecule has 0 amide bonds. The van der Waals surface area contributed by atoms with Gasteiger partial charge in [-0.25, -0.2) is 4.79 Å². The Kier molecular flexibility index (Phi) is 5.52. The van der Waals surface area contributed by atoms with Gasteiger partial charge in [0.1, 0.15) is 25.0 Å². The number of esters is 1. The molecule has 0 aliphatic carbocycles. The normalized spacial score (nSPS) is 25.0. The monoisotopic (exact) mass is 345 g/mol. The van der Waals surface area contributed by atoms with E-state index in [4.69, 9.17) is 15.2 Å². The number of nitrogens with two attached hydrogens (primary N) is 1. The molecule has 1 aromatic rings. The summed E-state index contributed by atoms with van der Waals surface area (Å²) in [6.07, 6.45) is -2.22. The molecule has 0 bridgehead atoms. The van der Waals surface area contributed by atoms with E-state index in [0.29, 0.717) is 6.20 Å². The summed E-state index contributed by atoms with van der Waals surface area (Å²) in [4.78, 5) is 36.2. The second kappa shape index (κ2) is 7.24. The summed E-state index contributed by atoms with van der Waals surface area (Å²) >= 11 is 0. The number of hydrogen-bond donors (Lipinski definition) is 3. The summed E-state index contributed by atoms with van der Waals surface area (Å²) in [6.45, 7) is 3.28. The van der Waals surface area contributed by atoms with E-state index in [0.717, 1.165) is 4.57 Å². The first kappa shape index (κ1) is 18.3. The molecule has 1 fully saturated rings. The topological polar surface area (TPSA) is 137 Å². The Labute approximate surface area is 136 Å². The molecule has 24 heavy (non-hydrogen) atoms. The molecule has 1 aliphatic heterocycles. The van der Waals surface area contributed by atoms with Crippen molar-refractivity contribution in [3.63, 3.8) is 0 Å². The molecule has 0 saturated carbocycles. The summed E-state index contributed by atoms with van der Waals surface area (Å²) in [5.74, 6) is -1.88. The van der Waals surface area contributed by atoms with Crippen LogP contribution < -0.4 is 17.0 Å². The molecule has 1 saturated heterocycles. The van der Waals surface area contributed by atoms with Crippen LogP contribution in [0.15, 0.2) is 15.8 Å². The highest BCUT2D eigenvalue weighted by molar-refractivity contribution is 5.75. The number of halogens is 1. The van der Waals surface area contributed by atoms with Crippen molar-refractivity contribution >= 4 is 5.97 Å². The van der Waals surface area contributed by atoms with Crippen molar-refractivity contribution in [1.82, 2.24) is 9.55 Å². The molecule has 10 heteroatoms. The van der Waals surface area contributed by atoms with Crippen molar-refractivity contribution in [1.29, 1.82) is 0 Å². The predicted octanol–water partition coefficient (Wildman–Crippen LogP) is -1.15. The third-order valence-electron chi connectivity index (χ3n) is 3.82. The minimum atomic E-state index is -1.15. The van der Waals surface area contributed by atoms with E-state index >= 15 is 0 Å². The van der Waals surface area contributed by atoms with Crippen LogP contribution in [-0.2, 0) is 14.3 Å². The lowest BCUT2D eigenvalue weighted by atomic mass is 10.1. The number of aliphatic hydroxyl groups excluding tert-OH is 1. The minimum absolute atomic E-state index is 0.0240. The minimum Gasteiger partial charge on any atom is -0.462 e. The predicted molar refractivity (Wildman–Crippen MR) is 79.6 cm³/mol. The maximum absolute atomic E-state index is 13.3. The van der Waals surface area contributed by atoms with Crippen LogP contribution in [0.3, 0.4) is 0 Å². The van der Waals surface area contributed by atoms with E-state index in [1.54, 1.807) is 18.8 Å². The zero-order chi connectivity index (χ0) is 18.0. The fourth-order valence-electron chi connectivity index (χ4n) is 2.24. The number of ether oxygens (including phenoxy) is 2. The fraction of sp³-hybridized carbons (Fsp3) is 0.643. The zero-order valence-electron chi connectivity index (χ0n) is 13.3. The average Bonchev–Trinajstić information content (AvgIpc) is 2.88. The Morgan fingerprint density at radius 2 is 2.25 bits per heavy atom. The highest BCUT2D eigenvalue weighted by atomic mass is 19.1. The summed E-state index contributed by atoms with van der Waals surface area (Å²) in [5, 5.41) is 9.97. The zero-order valence-corrected chi connectivity index (χ0v) is 13.3. The second-order valence-corrected chi connectivity index (χ2v) is 5.98. The molecule has 1 aliphatic rings. The first-order valence-electron chi connectivity index (χ1n) is 7.47. The Hall–Kier alpha value is -2.04. The second-order valence-electron chi connectivity index (χ2n) is 5.98. The fourth-order valence-corrected chi connectivity index (χ4v) is 2.24. The van der Waals surface area contributed by atoms with Gasteiger partial charge in [-0.05, 0) is 5.92 Å². The van der Waals surface area contributed by atoms with Gasteiger partial charge in [-0.2, -0.15) is 4.39 Å². The number of carbonyl (C=O) groups excluding carboxylic acids is 1. The molecular formula is C14H20FN3O6. The van der Waals surface area contributed by atoms with Gasteiger partial charge >= 0.3 is 11.7 Å². The standard InChI is InChI=1S/C14H20FN3O6/c1-6(2)11(16)13(21)23-5-9-8(19)3-10(24-9)18-4-7(15)12(20)17-14(18)22/h4,6,8-11,19H,3,5,16H2,1-2H3,(H,17,20,22)/t8-,9+,10+,11-/m0/s1. The molecule has 2 rings (SSSR count). The molecule has 0 radical (unpaired) electrons. The van der Waals surface area contributed by atoms with Crippen molar-refractivity contribution < 1.29 is 23.8 Å². The first-order chi connectivity index (χ1) is 11.2. The van der Waals surface area contributed by atoms with Crippen molar-refractivity contribution in [2.45, 2.75) is 44.7 Å². The molecule has 9 nitrogen and oxygen atoms in total. The van der Waals surface area contributed by atoms with Gasteiger partial charge in [0.15, 0.2) is 0 Å². The lowest BCUT2D eigenvalue weighted by molar-refractivity contribution is -0.152. The molecular weight excluding hydrogens is 325 g/mol. The third kappa shape index (κ3) is 3.89. The Morgan fingerprint density at radius 1 is 1.58 bits per heavy atom. The van der Waals surface area contributed by atoms with Crippen LogP contribution in [-0.4, -0.2) is 45.5 Å². The largest absolute Gasteiger partial charge is 0.462 e. The van der Waals surface area contributed by atoms with Crippen LogP contribution in [0.4, 0.5) is 4.39 Å². The van der Waals surface area contributed by atoms with Gasteiger partial charge in [0, 0.05) is 6.42 Å². The maximum Gasteiger partial charge on any atom is 0.330 e. The summed E-state index contributed by atoms with van der Waals surface area (Å²) in [7, 11) is 0. The van der Waals surface area contributed by atoms with Crippen LogP contribution in [0.2, 0.25) is 0 Å². The van der Waals surface area contributed by atoms with E-state index < -0.39 is 47.5 Å². The SMILES string of the molecule is CC(C)[C@H](N)C(=O)OC[C@H]1O[C@@H](n2cc(F)c(=O)[nH]c2=O)C[C@@H]1O. The Balaban J connectivity index is 2.02. The van der Waals surface area contributed by atoms with Gasteiger partial charge in [0.2, 0.25) is 5.82 Å². The molecule has 134 valence electrons. The summed E-state index contributed by atoms with van der Waals surface area (Å²) < 4.78 is 24.6. The summed E-state index contributed by atoms with van der Waals surface area (Å²) in [5.41, 5.74) is 3.65. The van der Waals surface area contributed by atoms with Gasteiger partial charge in [-0.15, -0.1) is 0 Å². The maximum atomic E-state index is 13.3. The Bertz CT molecular complexity index is 715. The number of nitrogens with zero attached hydrogens (tertiary/aromatic N) is 1. The quantitative estimate of drug-likeness (QED) is 0.573. The van der Waals surface area contributed by atoms with E-state index in [1.165, 1.54) is 0 Å². The van der Waals surface area contributed by atoms with Crippen molar-refractivity contribution in [3.05, 3.63) is 32.9 Å². The van der Waals surface area contributed by atoms with Crippen LogP contribution >= 0.6 is 0 Å². The number of carbonyl (C=O) groups is 1. The van der Waals surface area contributed by atoms with E-state index in [1.807, 2.05) is 0 Å². The number of rotatable bonds is 5. The molecule has 0 spiro atoms. The van der Waals surface area contributed by atoms with Crippen LogP contribution in [0, 0.1) is 11.7 Å². The molecule has 0 aromatic carbocycles. The molecule has 0 unspecified atom stereocenters. The van der Waals surface area contributed by atoms with Crippen molar-refractivity contribution in [2.75, 3.05) is 6.61 Å². The van der Waals surface area contributed by atoms with Crippen LogP contribution in [0.1, 0.15) is 26.5 Å². The highest BCUT2D eigenvalue weighted by Gasteiger charge is 2.37. The van der Waals surface area contributed by atoms with Crippen LogP contribution in [0.25, 0.3) is 0 Å². The van der Waals surface area contributed by atoms with Crippen molar-refractivity contribution in [2.24, 2.45) is 11.7 Å². The van der Waals surface area contributed by atoms with E-state index in [-0.39, 0.29) is 18.9 Å². The number of hydrogen-bond acceptors (Lipinski definition) is 7. The smallest absolute Gasteiger partial charge is 0.330 e. The number of aromatic amines is 1. The first-order valence-corrected chi connectivity index (χ1v) is 7.47.